The molecular formula is C16H20N2O. The minimum absolute atomic E-state index is 0.0163. The monoisotopic (exact) mass is 256 g/mol. The molecule has 2 aromatic rings. The van der Waals surface area contributed by atoms with Crippen molar-refractivity contribution in [2.75, 3.05) is 0 Å². The van der Waals surface area contributed by atoms with Crippen molar-refractivity contribution in [1.29, 1.82) is 0 Å². The summed E-state index contributed by atoms with van der Waals surface area (Å²) in [6.45, 7) is 8.06. The van der Waals surface area contributed by atoms with Crippen LogP contribution < -0.4 is 0 Å². The molecule has 0 amide bonds. The van der Waals surface area contributed by atoms with Crippen LogP contribution in [0.5, 0.6) is 0 Å². The third kappa shape index (κ3) is 2.92. The molecule has 0 aliphatic carbocycles. The zero-order valence-corrected chi connectivity index (χ0v) is 12.2. The number of aromatic nitrogens is 2. The van der Waals surface area contributed by atoms with Crippen molar-refractivity contribution < 1.29 is 4.79 Å². The van der Waals surface area contributed by atoms with E-state index in [-0.39, 0.29) is 11.2 Å². The van der Waals surface area contributed by atoms with Crippen LogP contribution >= 0.6 is 0 Å². The van der Waals surface area contributed by atoms with Gasteiger partial charge in [0.2, 0.25) is 0 Å². The molecular weight excluding hydrogens is 236 g/mol. The van der Waals surface area contributed by atoms with E-state index in [2.05, 4.69) is 31.9 Å². The SMILES string of the molecule is CC(=O)c1cc(-c2cnn(C)c2)cc(C(C)(C)C)c1. The maximum atomic E-state index is 11.7. The second-order valence-electron chi connectivity index (χ2n) is 6.01. The summed E-state index contributed by atoms with van der Waals surface area (Å²) < 4.78 is 1.77. The van der Waals surface area contributed by atoms with Gasteiger partial charge in [0.25, 0.3) is 0 Å². The molecule has 1 heterocycles. The summed E-state index contributed by atoms with van der Waals surface area (Å²) in [7, 11) is 1.89. The van der Waals surface area contributed by atoms with Gasteiger partial charge < -0.3 is 0 Å². The molecule has 3 nitrogen and oxygen atoms in total. The standard InChI is InChI=1S/C16H20N2O/c1-11(19)12-6-13(14-9-17-18(5)10-14)8-15(7-12)16(2,3)4/h6-10H,1-5H3. The van der Waals surface area contributed by atoms with E-state index in [0.717, 1.165) is 16.7 Å². The molecule has 0 fully saturated rings. The van der Waals surface area contributed by atoms with Gasteiger partial charge in [-0.05, 0) is 35.6 Å². The van der Waals surface area contributed by atoms with Gasteiger partial charge in [0.05, 0.1) is 6.20 Å². The summed E-state index contributed by atoms with van der Waals surface area (Å²) in [6.07, 6.45) is 3.79. The quantitative estimate of drug-likeness (QED) is 0.770. The van der Waals surface area contributed by atoms with E-state index >= 15 is 0 Å². The van der Waals surface area contributed by atoms with E-state index in [4.69, 9.17) is 0 Å². The number of Topliss-reactive ketones (excluding diaryl/α,β-unsaturated/α-hetero) is 1. The highest BCUT2D eigenvalue weighted by Crippen LogP contribution is 2.29. The van der Waals surface area contributed by atoms with Gasteiger partial charge in [-0.1, -0.05) is 26.8 Å². The molecule has 0 spiro atoms. The van der Waals surface area contributed by atoms with Crippen LogP contribution in [-0.4, -0.2) is 15.6 Å². The van der Waals surface area contributed by atoms with Gasteiger partial charge in [0.15, 0.2) is 5.78 Å². The molecule has 1 aromatic carbocycles. The van der Waals surface area contributed by atoms with E-state index in [9.17, 15) is 4.79 Å². The van der Waals surface area contributed by atoms with Gasteiger partial charge in [-0.3, -0.25) is 9.48 Å². The number of carbonyl (C=O) groups is 1. The molecule has 0 aliphatic heterocycles. The Morgan fingerprint density at radius 2 is 1.84 bits per heavy atom. The second-order valence-corrected chi connectivity index (χ2v) is 6.01. The van der Waals surface area contributed by atoms with E-state index in [1.165, 1.54) is 5.56 Å². The van der Waals surface area contributed by atoms with Crippen molar-refractivity contribution in [1.82, 2.24) is 9.78 Å². The lowest BCUT2D eigenvalue weighted by Crippen LogP contribution is -2.12. The van der Waals surface area contributed by atoms with Crippen LogP contribution in [0.15, 0.2) is 30.6 Å². The molecule has 0 saturated heterocycles. The molecule has 3 heteroatoms. The third-order valence-corrected chi connectivity index (χ3v) is 3.24. The molecule has 0 atom stereocenters. The van der Waals surface area contributed by atoms with Crippen molar-refractivity contribution >= 4 is 5.78 Å². The lowest BCUT2D eigenvalue weighted by Gasteiger charge is -2.20. The van der Waals surface area contributed by atoms with E-state index in [0.29, 0.717) is 0 Å². The lowest BCUT2D eigenvalue weighted by atomic mass is 9.84. The third-order valence-electron chi connectivity index (χ3n) is 3.24. The first kappa shape index (κ1) is 13.5. The van der Waals surface area contributed by atoms with Gasteiger partial charge in [0.1, 0.15) is 0 Å². The Hall–Kier alpha value is -1.90. The van der Waals surface area contributed by atoms with Crippen LogP contribution in [0.1, 0.15) is 43.6 Å². The van der Waals surface area contributed by atoms with Crippen LogP contribution in [0.4, 0.5) is 0 Å². The summed E-state index contributed by atoms with van der Waals surface area (Å²) in [6, 6.07) is 6.07. The summed E-state index contributed by atoms with van der Waals surface area (Å²) in [5.74, 6) is 0.0937. The van der Waals surface area contributed by atoms with E-state index in [1.807, 2.05) is 31.6 Å². The molecule has 2 rings (SSSR count). The number of nitrogens with zero attached hydrogens (tertiary/aromatic N) is 2. The molecule has 0 saturated carbocycles. The highest BCUT2D eigenvalue weighted by molar-refractivity contribution is 5.95. The predicted octanol–water partition coefficient (Wildman–Crippen LogP) is 3.59. The summed E-state index contributed by atoms with van der Waals surface area (Å²) in [5.41, 5.74) is 4.02. The fraction of sp³-hybridized carbons (Fsp3) is 0.375. The Balaban J connectivity index is 2.61. The van der Waals surface area contributed by atoms with Crippen molar-refractivity contribution in [2.24, 2.45) is 7.05 Å². The highest BCUT2D eigenvalue weighted by Gasteiger charge is 2.17. The fourth-order valence-electron chi connectivity index (χ4n) is 2.00. The molecule has 0 radical (unpaired) electrons. The summed E-state index contributed by atoms with van der Waals surface area (Å²) >= 11 is 0. The Kier molecular flexibility index (Phi) is 3.31. The summed E-state index contributed by atoms with van der Waals surface area (Å²) in [4.78, 5) is 11.7. The van der Waals surface area contributed by atoms with Crippen LogP contribution in [-0.2, 0) is 12.5 Å². The minimum atomic E-state index is 0.0163. The van der Waals surface area contributed by atoms with Gasteiger partial charge in [-0.15, -0.1) is 0 Å². The Bertz CT molecular complexity index is 618. The average molecular weight is 256 g/mol. The Morgan fingerprint density at radius 1 is 1.16 bits per heavy atom. The van der Waals surface area contributed by atoms with Crippen LogP contribution in [0.25, 0.3) is 11.1 Å². The predicted molar refractivity (Wildman–Crippen MR) is 77.3 cm³/mol. The normalized spacial score (nSPS) is 11.6. The minimum Gasteiger partial charge on any atom is -0.295 e. The number of benzene rings is 1. The molecule has 0 bridgehead atoms. The molecule has 1 aromatic heterocycles. The highest BCUT2D eigenvalue weighted by atomic mass is 16.1. The number of aryl methyl sites for hydroxylation is 1. The van der Waals surface area contributed by atoms with Gasteiger partial charge in [-0.2, -0.15) is 5.10 Å². The van der Waals surface area contributed by atoms with Crippen molar-refractivity contribution in [3.63, 3.8) is 0 Å². The van der Waals surface area contributed by atoms with E-state index in [1.54, 1.807) is 11.6 Å². The molecule has 0 N–H and O–H groups in total. The number of hydrogen-bond acceptors (Lipinski definition) is 2. The van der Waals surface area contributed by atoms with Crippen molar-refractivity contribution in [3.05, 3.63) is 41.7 Å². The Morgan fingerprint density at radius 3 is 2.32 bits per heavy atom. The maximum Gasteiger partial charge on any atom is 0.159 e. The van der Waals surface area contributed by atoms with E-state index < -0.39 is 0 Å². The van der Waals surface area contributed by atoms with Crippen molar-refractivity contribution in [3.8, 4) is 11.1 Å². The van der Waals surface area contributed by atoms with Gasteiger partial charge in [-0.25, -0.2) is 0 Å². The van der Waals surface area contributed by atoms with Crippen molar-refractivity contribution in [2.45, 2.75) is 33.1 Å². The lowest BCUT2D eigenvalue weighted by molar-refractivity contribution is 0.101. The number of rotatable bonds is 2. The topological polar surface area (TPSA) is 34.9 Å². The summed E-state index contributed by atoms with van der Waals surface area (Å²) in [5, 5.41) is 4.19. The molecule has 0 aliphatic rings. The first-order valence-corrected chi connectivity index (χ1v) is 6.43. The maximum absolute atomic E-state index is 11.7. The first-order valence-electron chi connectivity index (χ1n) is 6.43. The largest absolute Gasteiger partial charge is 0.295 e. The van der Waals surface area contributed by atoms with Crippen LogP contribution in [0, 0.1) is 0 Å². The number of hydrogen-bond donors (Lipinski definition) is 0. The number of carbonyl (C=O) groups excluding carboxylic acids is 1. The van der Waals surface area contributed by atoms with Gasteiger partial charge >= 0.3 is 0 Å². The van der Waals surface area contributed by atoms with Crippen LogP contribution in [0.3, 0.4) is 0 Å². The second kappa shape index (κ2) is 4.65. The average Bonchev–Trinajstić information content (AvgIpc) is 2.74. The molecule has 0 unspecified atom stereocenters. The Labute approximate surface area is 114 Å². The number of ketones is 1. The molecule has 100 valence electrons. The smallest absolute Gasteiger partial charge is 0.159 e. The van der Waals surface area contributed by atoms with Crippen LogP contribution in [0.2, 0.25) is 0 Å². The fourth-order valence-corrected chi connectivity index (χ4v) is 2.00. The zero-order chi connectivity index (χ0) is 14.2. The first-order chi connectivity index (χ1) is 8.77. The zero-order valence-electron chi connectivity index (χ0n) is 12.2. The molecule has 19 heavy (non-hydrogen) atoms. The van der Waals surface area contributed by atoms with Gasteiger partial charge in [0, 0.05) is 24.4 Å².